The van der Waals surface area contributed by atoms with Crippen molar-refractivity contribution in [3.05, 3.63) is 46.6 Å². The molecule has 0 radical (unpaired) electrons. The Morgan fingerprint density at radius 2 is 2.05 bits per heavy atom. The zero-order valence-electron chi connectivity index (χ0n) is 11.0. The summed E-state index contributed by atoms with van der Waals surface area (Å²) in [5, 5.41) is 14.0. The second-order valence-electron chi connectivity index (χ2n) is 4.60. The molecule has 2 aromatic heterocycles. The van der Waals surface area contributed by atoms with Crippen LogP contribution in [-0.4, -0.2) is 25.7 Å². The molecular weight excluding hydrogens is 292 g/mol. The minimum absolute atomic E-state index is 0.00191. The molecule has 2 heterocycles. The van der Waals surface area contributed by atoms with Gasteiger partial charge >= 0.3 is 5.97 Å². The van der Waals surface area contributed by atoms with Gasteiger partial charge in [0.25, 0.3) is 0 Å². The van der Waals surface area contributed by atoms with Gasteiger partial charge in [-0.25, -0.2) is 9.31 Å². The van der Waals surface area contributed by atoms with E-state index >= 15 is 0 Å². The summed E-state index contributed by atoms with van der Waals surface area (Å²) in [6.45, 7) is 1.89. The molecule has 3 rings (SSSR count). The lowest BCUT2D eigenvalue weighted by Gasteiger charge is -2.10. The van der Waals surface area contributed by atoms with Gasteiger partial charge in [0.15, 0.2) is 11.3 Å². The largest absolute Gasteiger partial charge is 0.476 e. The van der Waals surface area contributed by atoms with E-state index in [0.717, 1.165) is 11.1 Å². The van der Waals surface area contributed by atoms with Crippen LogP contribution in [0.3, 0.4) is 0 Å². The molecular formula is C14H11ClN4O2. The van der Waals surface area contributed by atoms with Gasteiger partial charge in [-0.15, -0.1) is 5.10 Å². The molecule has 0 atom stereocenters. The number of carboxylic acids is 1. The molecule has 0 aliphatic carbocycles. The monoisotopic (exact) mass is 302 g/mol. The number of anilines is 1. The first-order chi connectivity index (χ1) is 9.97. The van der Waals surface area contributed by atoms with Crippen molar-refractivity contribution in [1.82, 2.24) is 14.6 Å². The van der Waals surface area contributed by atoms with Crippen LogP contribution < -0.4 is 5.73 Å². The van der Waals surface area contributed by atoms with Crippen LogP contribution in [0.25, 0.3) is 16.8 Å². The molecule has 0 aliphatic heterocycles. The fraction of sp³-hybridized carbons (Fsp3) is 0.0714. The van der Waals surface area contributed by atoms with Crippen molar-refractivity contribution in [2.75, 3.05) is 5.73 Å². The molecule has 106 valence electrons. The average Bonchev–Trinajstić information content (AvgIpc) is 2.80. The summed E-state index contributed by atoms with van der Waals surface area (Å²) in [5.74, 6) is -1.09. The number of fused-ring (bicyclic) bond motifs is 1. The molecule has 3 aromatic rings. The maximum atomic E-state index is 11.7. The van der Waals surface area contributed by atoms with E-state index in [4.69, 9.17) is 17.3 Å². The molecule has 3 N–H and O–H groups in total. The van der Waals surface area contributed by atoms with Gasteiger partial charge in [0.1, 0.15) is 0 Å². The van der Waals surface area contributed by atoms with Crippen molar-refractivity contribution >= 4 is 29.2 Å². The van der Waals surface area contributed by atoms with Crippen LogP contribution >= 0.6 is 11.6 Å². The van der Waals surface area contributed by atoms with Gasteiger partial charge in [-0.05, 0) is 42.3 Å². The van der Waals surface area contributed by atoms with E-state index in [-0.39, 0.29) is 11.6 Å². The zero-order valence-corrected chi connectivity index (χ0v) is 11.8. The Balaban J connectivity index is 2.39. The van der Waals surface area contributed by atoms with E-state index in [1.807, 2.05) is 13.0 Å². The Bertz CT molecular complexity index is 873. The van der Waals surface area contributed by atoms with Gasteiger partial charge in [0, 0.05) is 10.6 Å². The van der Waals surface area contributed by atoms with Crippen LogP contribution in [-0.2, 0) is 0 Å². The van der Waals surface area contributed by atoms with Crippen LogP contribution in [0.1, 0.15) is 16.1 Å². The van der Waals surface area contributed by atoms with E-state index in [1.54, 1.807) is 24.3 Å². The van der Waals surface area contributed by atoms with Crippen LogP contribution in [0.15, 0.2) is 30.3 Å². The van der Waals surface area contributed by atoms with Gasteiger partial charge in [0.05, 0.1) is 0 Å². The quantitative estimate of drug-likeness (QED) is 0.759. The molecule has 0 fully saturated rings. The first-order valence-electron chi connectivity index (χ1n) is 6.12. The molecule has 0 unspecified atom stereocenters. The number of aromatic carboxylic acids is 1. The normalized spacial score (nSPS) is 11.0. The Labute approximate surface area is 124 Å². The van der Waals surface area contributed by atoms with Gasteiger partial charge < -0.3 is 10.8 Å². The van der Waals surface area contributed by atoms with Crippen molar-refractivity contribution in [3.63, 3.8) is 0 Å². The highest BCUT2D eigenvalue weighted by atomic mass is 35.5. The predicted octanol–water partition coefficient (Wildman–Crippen LogP) is 2.64. The predicted molar refractivity (Wildman–Crippen MR) is 79.5 cm³/mol. The average molecular weight is 303 g/mol. The topological polar surface area (TPSA) is 93.5 Å². The van der Waals surface area contributed by atoms with Crippen LogP contribution in [0.5, 0.6) is 0 Å². The van der Waals surface area contributed by atoms with Crippen LogP contribution in [0.2, 0.25) is 5.02 Å². The number of benzene rings is 1. The fourth-order valence-electron chi connectivity index (χ4n) is 2.27. The van der Waals surface area contributed by atoms with Crippen molar-refractivity contribution in [2.24, 2.45) is 0 Å². The highest BCUT2D eigenvalue weighted by molar-refractivity contribution is 6.31. The number of hydrogen-bond donors (Lipinski definition) is 2. The summed E-state index contributed by atoms with van der Waals surface area (Å²) < 4.78 is 1.23. The first kappa shape index (κ1) is 13.4. The molecule has 0 aliphatic rings. The van der Waals surface area contributed by atoms with Crippen LogP contribution in [0, 0.1) is 6.92 Å². The smallest absolute Gasteiger partial charge is 0.355 e. The minimum Gasteiger partial charge on any atom is -0.476 e. The van der Waals surface area contributed by atoms with Gasteiger partial charge in [-0.3, -0.25) is 0 Å². The second kappa shape index (κ2) is 4.75. The third-order valence-corrected chi connectivity index (χ3v) is 3.44. The molecule has 0 saturated heterocycles. The fourth-order valence-corrected chi connectivity index (χ4v) is 2.44. The third kappa shape index (κ3) is 2.19. The lowest BCUT2D eigenvalue weighted by Crippen LogP contribution is -2.09. The maximum Gasteiger partial charge on any atom is 0.355 e. The molecule has 7 heteroatoms. The van der Waals surface area contributed by atoms with Crippen molar-refractivity contribution in [1.29, 1.82) is 0 Å². The molecule has 1 aromatic carbocycles. The number of aryl methyl sites for hydroxylation is 1. The number of halogens is 1. The molecule has 21 heavy (non-hydrogen) atoms. The standard InChI is InChI=1S/C14H11ClN4O2/c1-7-2-3-8(15)6-10(7)9-4-5-11-17-14(16)18-19(11)12(9)13(20)21/h2-6H,1H3,(H2,16,18)(H,20,21). The first-order valence-corrected chi connectivity index (χ1v) is 6.50. The molecule has 6 nitrogen and oxygen atoms in total. The highest BCUT2D eigenvalue weighted by Crippen LogP contribution is 2.30. The number of carboxylic acid groups (broad SMARTS) is 1. The number of carbonyl (C=O) groups is 1. The summed E-state index contributed by atoms with van der Waals surface area (Å²) in [5.41, 5.74) is 8.09. The van der Waals surface area contributed by atoms with Crippen molar-refractivity contribution in [3.8, 4) is 11.1 Å². The van der Waals surface area contributed by atoms with Gasteiger partial charge in [-0.1, -0.05) is 17.7 Å². The number of nitrogens with two attached hydrogens (primary N) is 1. The van der Waals surface area contributed by atoms with E-state index in [1.165, 1.54) is 4.52 Å². The number of nitrogens with zero attached hydrogens (tertiary/aromatic N) is 3. The zero-order chi connectivity index (χ0) is 15.1. The van der Waals surface area contributed by atoms with E-state index in [0.29, 0.717) is 16.2 Å². The van der Waals surface area contributed by atoms with Crippen molar-refractivity contribution < 1.29 is 9.90 Å². The number of nitrogen functional groups attached to an aromatic ring is 1. The summed E-state index contributed by atoms with van der Waals surface area (Å²) in [7, 11) is 0. The number of aromatic nitrogens is 3. The van der Waals surface area contributed by atoms with E-state index in [9.17, 15) is 9.90 Å². The van der Waals surface area contributed by atoms with E-state index < -0.39 is 5.97 Å². The SMILES string of the molecule is Cc1ccc(Cl)cc1-c1ccc2nc(N)nn2c1C(=O)O. The minimum atomic E-state index is -1.11. The number of pyridine rings is 1. The summed E-state index contributed by atoms with van der Waals surface area (Å²) in [4.78, 5) is 15.6. The summed E-state index contributed by atoms with van der Waals surface area (Å²) in [6, 6.07) is 8.68. The lowest BCUT2D eigenvalue weighted by molar-refractivity contribution is 0.0688. The second-order valence-corrected chi connectivity index (χ2v) is 5.04. The number of rotatable bonds is 2. The highest BCUT2D eigenvalue weighted by Gasteiger charge is 2.19. The molecule has 0 amide bonds. The number of hydrogen-bond acceptors (Lipinski definition) is 4. The molecule has 0 bridgehead atoms. The Hall–Kier alpha value is -2.60. The third-order valence-electron chi connectivity index (χ3n) is 3.21. The molecule has 0 spiro atoms. The van der Waals surface area contributed by atoms with E-state index in [2.05, 4.69) is 10.1 Å². The van der Waals surface area contributed by atoms with Gasteiger partial charge in [-0.2, -0.15) is 4.98 Å². The maximum absolute atomic E-state index is 11.7. The summed E-state index contributed by atoms with van der Waals surface area (Å²) >= 11 is 6.02. The Kier molecular flexibility index (Phi) is 3.03. The summed E-state index contributed by atoms with van der Waals surface area (Å²) in [6.07, 6.45) is 0. The van der Waals surface area contributed by atoms with Crippen molar-refractivity contribution in [2.45, 2.75) is 6.92 Å². The lowest BCUT2D eigenvalue weighted by atomic mass is 9.99. The Morgan fingerprint density at radius 3 is 2.76 bits per heavy atom. The molecule has 0 saturated carbocycles. The van der Waals surface area contributed by atoms with Gasteiger partial charge in [0.2, 0.25) is 5.95 Å². The Morgan fingerprint density at radius 1 is 1.29 bits per heavy atom. The van der Waals surface area contributed by atoms with Crippen LogP contribution in [0.4, 0.5) is 5.95 Å².